The molecule has 0 heterocycles. The predicted octanol–water partition coefficient (Wildman–Crippen LogP) is 2.85. The lowest BCUT2D eigenvalue weighted by atomic mass is 9.73. The second-order valence-electron chi connectivity index (χ2n) is 5.48. The van der Waals surface area contributed by atoms with Crippen LogP contribution in [0.4, 0.5) is 0 Å². The van der Waals surface area contributed by atoms with E-state index in [0.29, 0.717) is 18.1 Å². The summed E-state index contributed by atoms with van der Waals surface area (Å²) in [5, 5.41) is 17.0. The molecule has 0 spiro atoms. The molecule has 0 amide bonds. The van der Waals surface area contributed by atoms with Crippen molar-refractivity contribution in [3.63, 3.8) is 0 Å². The number of guanidine groups is 1. The highest BCUT2D eigenvalue weighted by Gasteiger charge is 2.35. The summed E-state index contributed by atoms with van der Waals surface area (Å²) < 4.78 is 0. The standard InChI is InChI=1S/C14H26ClN3O.HI/c1-4-16-13(17-9-11(2)15)18-10-14(3)8-6-5-7-12(14)19;/h12,19H,2,4-10H2,1,3H3,(H2,16,17,18);1H. The van der Waals surface area contributed by atoms with Gasteiger partial charge in [-0.3, -0.25) is 4.99 Å². The second kappa shape index (κ2) is 9.84. The number of aliphatic hydroxyl groups is 1. The molecule has 2 atom stereocenters. The molecule has 20 heavy (non-hydrogen) atoms. The van der Waals surface area contributed by atoms with Gasteiger partial charge in [0.15, 0.2) is 5.96 Å². The summed E-state index contributed by atoms with van der Waals surface area (Å²) in [5.74, 6) is 0.725. The van der Waals surface area contributed by atoms with Crippen molar-refractivity contribution in [1.82, 2.24) is 10.6 Å². The molecule has 0 radical (unpaired) electrons. The van der Waals surface area contributed by atoms with Crippen LogP contribution >= 0.6 is 35.6 Å². The van der Waals surface area contributed by atoms with Gasteiger partial charge in [-0.2, -0.15) is 0 Å². The molecule has 0 aromatic carbocycles. The summed E-state index contributed by atoms with van der Waals surface area (Å²) >= 11 is 5.74. The van der Waals surface area contributed by atoms with Crippen LogP contribution in [-0.4, -0.2) is 36.8 Å². The Labute approximate surface area is 144 Å². The van der Waals surface area contributed by atoms with E-state index in [1.807, 2.05) is 6.92 Å². The first-order valence-electron chi connectivity index (χ1n) is 7.01. The fourth-order valence-electron chi connectivity index (χ4n) is 2.35. The zero-order valence-electron chi connectivity index (χ0n) is 12.4. The van der Waals surface area contributed by atoms with E-state index in [4.69, 9.17) is 11.6 Å². The molecular weight excluding hydrogens is 389 g/mol. The zero-order valence-corrected chi connectivity index (χ0v) is 15.5. The van der Waals surface area contributed by atoms with Gasteiger partial charge in [0, 0.05) is 17.0 Å². The van der Waals surface area contributed by atoms with Crippen LogP contribution in [0.15, 0.2) is 16.6 Å². The maximum absolute atomic E-state index is 10.1. The third kappa shape index (κ3) is 6.63. The fourth-order valence-corrected chi connectivity index (χ4v) is 2.41. The van der Waals surface area contributed by atoms with Gasteiger partial charge in [-0.15, -0.1) is 24.0 Å². The number of aliphatic hydroxyl groups excluding tert-OH is 1. The lowest BCUT2D eigenvalue weighted by Gasteiger charge is -2.37. The lowest BCUT2D eigenvalue weighted by Crippen LogP contribution is -2.42. The van der Waals surface area contributed by atoms with Gasteiger partial charge in [0.2, 0.25) is 0 Å². The van der Waals surface area contributed by atoms with Gasteiger partial charge in [0.05, 0.1) is 19.2 Å². The third-order valence-electron chi connectivity index (χ3n) is 3.67. The SMILES string of the molecule is C=C(Cl)CNC(=NCC1(C)CCCCC1O)NCC.I. The first-order valence-corrected chi connectivity index (χ1v) is 7.39. The van der Waals surface area contributed by atoms with Gasteiger partial charge in [-0.25, -0.2) is 0 Å². The normalized spacial score (nSPS) is 26.6. The Hall–Kier alpha value is -0.0100. The number of nitrogens with one attached hydrogen (secondary N) is 2. The fraction of sp³-hybridized carbons (Fsp3) is 0.786. The van der Waals surface area contributed by atoms with Crippen molar-refractivity contribution in [3.05, 3.63) is 11.6 Å². The summed E-state index contributed by atoms with van der Waals surface area (Å²) in [6.45, 7) is 9.68. The Morgan fingerprint density at radius 3 is 2.70 bits per heavy atom. The molecule has 0 aromatic rings. The summed E-state index contributed by atoms with van der Waals surface area (Å²) in [4.78, 5) is 4.57. The number of hydrogen-bond donors (Lipinski definition) is 3. The summed E-state index contributed by atoms with van der Waals surface area (Å²) in [6, 6.07) is 0. The average molecular weight is 416 g/mol. The predicted molar refractivity (Wildman–Crippen MR) is 97.0 cm³/mol. The van der Waals surface area contributed by atoms with Crippen LogP contribution in [0.25, 0.3) is 0 Å². The van der Waals surface area contributed by atoms with Crippen LogP contribution in [0, 0.1) is 5.41 Å². The number of aliphatic imine (C=N–C) groups is 1. The van der Waals surface area contributed by atoms with E-state index in [2.05, 4.69) is 29.1 Å². The Morgan fingerprint density at radius 2 is 2.15 bits per heavy atom. The Kier molecular flexibility index (Phi) is 9.84. The first kappa shape index (κ1) is 20.0. The van der Waals surface area contributed by atoms with E-state index < -0.39 is 0 Å². The Bertz CT molecular complexity index is 338. The summed E-state index contributed by atoms with van der Waals surface area (Å²) in [7, 11) is 0. The second-order valence-corrected chi connectivity index (χ2v) is 6.02. The van der Waals surface area contributed by atoms with E-state index in [1.165, 1.54) is 6.42 Å². The largest absolute Gasteiger partial charge is 0.392 e. The van der Waals surface area contributed by atoms with Gasteiger partial charge >= 0.3 is 0 Å². The van der Waals surface area contributed by atoms with Crippen LogP contribution < -0.4 is 10.6 Å². The van der Waals surface area contributed by atoms with E-state index in [9.17, 15) is 5.11 Å². The van der Waals surface area contributed by atoms with Gasteiger partial charge in [0.1, 0.15) is 0 Å². The van der Waals surface area contributed by atoms with E-state index in [-0.39, 0.29) is 35.5 Å². The quantitative estimate of drug-likeness (QED) is 0.368. The summed E-state index contributed by atoms with van der Waals surface area (Å²) in [5.41, 5.74) is -0.113. The molecule has 1 saturated carbocycles. The average Bonchev–Trinajstić information content (AvgIpc) is 2.36. The highest BCUT2D eigenvalue weighted by molar-refractivity contribution is 14.0. The Morgan fingerprint density at radius 1 is 1.45 bits per heavy atom. The molecule has 3 N–H and O–H groups in total. The maximum atomic E-state index is 10.1. The molecule has 0 saturated heterocycles. The van der Waals surface area contributed by atoms with Crippen LogP contribution in [0.2, 0.25) is 0 Å². The van der Waals surface area contributed by atoms with Crippen molar-refractivity contribution in [2.75, 3.05) is 19.6 Å². The molecule has 2 unspecified atom stereocenters. The van der Waals surface area contributed by atoms with Crippen molar-refractivity contribution < 1.29 is 5.11 Å². The molecule has 0 aliphatic heterocycles. The molecule has 1 aliphatic rings. The number of hydrogen-bond acceptors (Lipinski definition) is 2. The van der Waals surface area contributed by atoms with Crippen molar-refractivity contribution in [1.29, 1.82) is 0 Å². The van der Waals surface area contributed by atoms with Crippen molar-refractivity contribution in [3.8, 4) is 0 Å². The smallest absolute Gasteiger partial charge is 0.191 e. The van der Waals surface area contributed by atoms with Crippen LogP contribution in [0.1, 0.15) is 39.5 Å². The minimum absolute atomic E-state index is 0. The third-order valence-corrected chi connectivity index (χ3v) is 3.80. The van der Waals surface area contributed by atoms with Gasteiger partial charge < -0.3 is 15.7 Å². The van der Waals surface area contributed by atoms with Gasteiger partial charge in [0.25, 0.3) is 0 Å². The summed E-state index contributed by atoms with van der Waals surface area (Å²) in [6.07, 6.45) is 3.94. The van der Waals surface area contributed by atoms with Crippen molar-refractivity contribution in [2.45, 2.75) is 45.6 Å². The lowest BCUT2D eigenvalue weighted by molar-refractivity contribution is 0.00717. The number of halogens is 2. The molecule has 118 valence electrons. The highest BCUT2D eigenvalue weighted by Crippen LogP contribution is 2.36. The molecule has 0 bridgehead atoms. The molecule has 1 rings (SSSR count). The monoisotopic (exact) mass is 415 g/mol. The van der Waals surface area contributed by atoms with Crippen molar-refractivity contribution in [2.24, 2.45) is 10.4 Å². The van der Waals surface area contributed by atoms with Crippen LogP contribution in [0.5, 0.6) is 0 Å². The molecule has 1 aliphatic carbocycles. The number of rotatable bonds is 5. The minimum Gasteiger partial charge on any atom is -0.392 e. The highest BCUT2D eigenvalue weighted by atomic mass is 127. The van der Waals surface area contributed by atoms with Crippen LogP contribution in [0.3, 0.4) is 0 Å². The first-order chi connectivity index (χ1) is 8.98. The van der Waals surface area contributed by atoms with Crippen LogP contribution in [-0.2, 0) is 0 Å². The number of nitrogens with zero attached hydrogens (tertiary/aromatic N) is 1. The molecule has 0 aromatic heterocycles. The van der Waals surface area contributed by atoms with E-state index in [0.717, 1.165) is 31.8 Å². The maximum Gasteiger partial charge on any atom is 0.191 e. The molecule has 6 heteroatoms. The van der Waals surface area contributed by atoms with E-state index >= 15 is 0 Å². The Balaban J connectivity index is 0.00000361. The minimum atomic E-state index is -0.254. The van der Waals surface area contributed by atoms with Crippen molar-refractivity contribution >= 4 is 41.5 Å². The molecule has 4 nitrogen and oxygen atoms in total. The molecular formula is C14H27ClIN3O. The molecule has 1 fully saturated rings. The van der Waals surface area contributed by atoms with E-state index in [1.54, 1.807) is 0 Å². The van der Waals surface area contributed by atoms with Gasteiger partial charge in [-0.1, -0.05) is 37.9 Å². The van der Waals surface area contributed by atoms with Gasteiger partial charge in [-0.05, 0) is 19.8 Å². The zero-order chi connectivity index (χ0) is 14.3. The topological polar surface area (TPSA) is 56.7 Å².